The predicted molar refractivity (Wildman–Crippen MR) is 88.1 cm³/mol. The van der Waals surface area contributed by atoms with Gasteiger partial charge in [-0.2, -0.15) is 0 Å². The zero-order valence-corrected chi connectivity index (χ0v) is 13.9. The summed E-state index contributed by atoms with van der Waals surface area (Å²) in [6.45, 7) is 6.60. The molecule has 6 bridgehead atoms. The minimum atomic E-state index is -0.510. The van der Waals surface area contributed by atoms with Crippen LogP contribution in [0.1, 0.15) is 45.4 Å². The van der Waals surface area contributed by atoms with E-state index in [1.165, 1.54) is 19.3 Å². The molecule has 10 atom stereocenters. The fourth-order valence-corrected chi connectivity index (χ4v) is 9.00. The molecule has 0 amide bonds. The Hall–Kier alpha value is -0.670. The van der Waals surface area contributed by atoms with Crippen molar-refractivity contribution in [1.29, 1.82) is 0 Å². The van der Waals surface area contributed by atoms with E-state index in [0.29, 0.717) is 29.7 Å². The van der Waals surface area contributed by atoms with Crippen molar-refractivity contribution in [2.45, 2.75) is 63.7 Å². The zero-order valence-electron chi connectivity index (χ0n) is 13.9. The largest absolute Gasteiger partial charge is 0.392 e. The monoisotopic (exact) mass is 313 g/mol. The van der Waals surface area contributed by atoms with Gasteiger partial charge in [-0.1, -0.05) is 19.9 Å². The van der Waals surface area contributed by atoms with Gasteiger partial charge in [0.25, 0.3) is 0 Å². The van der Waals surface area contributed by atoms with Crippen LogP contribution >= 0.6 is 0 Å². The first-order valence-corrected chi connectivity index (χ1v) is 9.55. The molecule has 2 spiro atoms. The van der Waals surface area contributed by atoms with Crippen LogP contribution in [0, 0.1) is 39.9 Å². The molecule has 0 aromatic carbocycles. The van der Waals surface area contributed by atoms with Gasteiger partial charge in [-0.25, -0.2) is 0 Å². The molecule has 0 radical (unpaired) electrons. The Morgan fingerprint density at radius 3 is 2.83 bits per heavy atom. The third kappa shape index (κ3) is 1.09. The molecular weight excluding hydrogens is 286 g/mol. The lowest BCUT2D eigenvalue weighted by molar-refractivity contribution is -0.218. The standard InChI is InChI=1S/C20H27NO2/c1-10-11-6-12-16-19-5-3-4-18(2,9-21-16)13(19)8-15(22)20(12,17(10)23)14(19)7-11/h9,11-17,22-23H,1,3-8H2,2H3. The van der Waals surface area contributed by atoms with Crippen molar-refractivity contribution in [3.8, 4) is 0 Å². The van der Waals surface area contributed by atoms with Gasteiger partial charge in [0.1, 0.15) is 0 Å². The van der Waals surface area contributed by atoms with Crippen molar-refractivity contribution in [3.05, 3.63) is 12.2 Å². The molecule has 124 valence electrons. The van der Waals surface area contributed by atoms with Gasteiger partial charge in [0.05, 0.1) is 18.2 Å². The number of aliphatic hydroxyl groups is 2. The molecule has 1 heterocycles. The average Bonchev–Trinajstić information content (AvgIpc) is 2.61. The van der Waals surface area contributed by atoms with Gasteiger partial charge in [0, 0.05) is 22.5 Å². The van der Waals surface area contributed by atoms with Crippen LogP contribution in [-0.4, -0.2) is 34.7 Å². The molecule has 0 saturated heterocycles. The van der Waals surface area contributed by atoms with Gasteiger partial charge in [-0.3, -0.25) is 4.99 Å². The molecule has 3 nitrogen and oxygen atoms in total. The lowest BCUT2D eigenvalue weighted by atomic mass is 9.39. The van der Waals surface area contributed by atoms with E-state index in [1.54, 1.807) is 0 Å². The van der Waals surface area contributed by atoms with Gasteiger partial charge in [-0.15, -0.1) is 0 Å². The van der Waals surface area contributed by atoms with Crippen molar-refractivity contribution in [2.24, 2.45) is 44.9 Å². The molecule has 0 aromatic heterocycles. The molecule has 2 N–H and O–H groups in total. The Kier molecular flexibility index (Phi) is 2.14. The molecule has 6 aliphatic carbocycles. The first kappa shape index (κ1) is 13.6. The van der Waals surface area contributed by atoms with Crippen LogP contribution in [0.15, 0.2) is 17.1 Å². The quantitative estimate of drug-likeness (QED) is 0.675. The number of hydrogen-bond donors (Lipinski definition) is 2. The van der Waals surface area contributed by atoms with Crippen molar-refractivity contribution in [3.63, 3.8) is 0 Å². The number of aliphatic imine (C=N–C) groups is 1. The highest BCUT2D eigenvalue weighted by Crippen LogP contribution is 2.81. The van der Waals surface area contributed by atoms with Crippen LogP contribution in [0.5, 0.6) is 0 Å². The molecule has 7 aliphatic rings. The van der Waals surface area contributed by atoms with Crippen molar-refractivity contribution >= 4 is 6.21 Å². The molecule has 6 fully saturated rings. The van der Waals surface area contributed by atoms with Crippen LogP contribution < -0.4 is 0 Å². The molecule has 10 unspecified atom stereocenters. The summed E-state index contributed by atoms with van der Waals surface area (Å²) < 4.78 is 0. The summed E-state index contributed by atoms with van der Waals surface area (Å²) in [5, 5.41) is 22.5. The summed E-state index contributed by atoms with van der Waals surface area (Å²) in [5.74, 6) is 1.83. The van der Waals surface area contributed by atoms with E-state index in [9.17, 15) is 10.2 Å². The van der Waals surface area contributed by atoms with Crippen LogP contribution in [-0.2, 0) is 0 Å². The van der Waals surface area contributed by atoms with E-state index in [4.69, 9.17) is 4.99 Å². The molecule has 3 heteroatoms. The summed E-state index contributed by atoms with van der Waals surface area (Å²) in [6, 6.07) is 0.343. The molecule has 6 saturated carbocycles. The highest BCUT2D eigenvalue weighted by atomic mass is 16.3. The van der Waals surface area contributed by atoms with Gasteiger partial charge in [0.2, 0.25) is 0 Å². The lowest BCUT2D eigenvalue weighted by Crippen LogP contribution is -2.67. The van der Waals surface area contributed by atoms with Gasteiger partial charge in [0.15, 0.2) is 0 Å². The third-order valence-electron chi connectivity index (χ3n) is 9.57. The fourth-order valence-electron chi connectivity index (χ4n) is 9.00. The molecule has 23 heavy (non-hydrogen) atoms. The topological polar surface area (TPSA) is 52.8 Å². The fraction of sp³-hybridized carbons (Fsp3) is 0.850. The van der Waals surface area contributed by atoms with E-state index in [2.05, 4.69) is 19.7 Å². The Morgan fingerprint density at radius 2 is 2.00 bits per heavy atom. The van der Waals surface area contributed by atoms with E-state index < -0.39 is 6.10 Å². The molecule has 7 rings (SSSR count). The lowest BCUT2D eigenvalue weighted by Gasteiger charge is -2.66. The highest BCUT2D eigenvalue weighted by Gasteiger charge is 2.82. The summed E-state index contributed by atoms with van der Waals surface area (Å²) in [5.41, 5.74) is 1.08. The number of hydrogen-bond acceptors (Lipinski definition) is 3. The Labute approximate surface area is 137 Å². The Bertz CT molecular complexity index is 658. The summed E-state index contributed by atoms with van der Waals surface area (Å²) in [6.07, 6.45) is 8.23. The normalized spacial score (nSPS) is 67.6. The van der Waals surface area contributed by atoms with E-state index >= 15 is 0 Å². The molecule has 1 aliphatic heterocycles. The van der Waals surface area contributed by atoms with Gasteiger partial charge in [-0.05, 0) is 61.3 Å². The van der Waals surface area contributed by atoms with Crippen molar-refractivity contribution < 1.29 is 10.2 Å². The second kappa shape index (κ2) is 3.62. The summed E-state index contributed by atoms with van der Waals surface area (Å²) in [7, 11) is 0. The number of aliphatic hydroxyl groups excluding tert-OH is 2. The number of nitrogens with zero attached hydrogens (tertiary/aromatic N) is 1. The smallest absolute Gasteiger partial charge is 0.0837 e. The Morgan fingerprint density at radius 1 is 1.17 bits per heavy atom. The third-order valence-corrected chi connectivity index (χ3v) is 9.57. The van der Waals surface area contributed by atoms with Gasteiger partial charge < -0.3 is 10.2 Å². The van der Waals surface area contributed by atoms with Crippen LogP contribution in [0.2, 0.25) is 0 Å². The summed E-state index contributed by atoms with van der Waals surface area (Å²) >= 11 is 0. The zero-order chi connectivity index (χ0) is 15.8. The Balaban J connectivity index is 1.66. The second-order valence-corrected chi connectivity index (χ2v) is 9.80. The van der Waals surface area contributed by atoms with E-state index in [1.807, 2.05) is 0 Å². The van der Waals surface area contributed by atoms with Crippen molar-refractivity contribution in [2.75, 3.05) is 0 Å². The maximum absolute atomic E-state index is 11.3. The van der Waals surface area contributed by atoms with Gasteiger partial charge >= 0.3 is 0 Å². The van der Waals surface area contributed by atoms with Crippen LogP contribution in [0.25, 0.3) is 0 Å². The van der Waals surface area contributed by atoms with E-state index in [-0.39, 0.29) is 22.3 Å². The van der Waals surface area contributed by atoms with Crippen molar-refractivity contribution in [1.82, 2.24) is 0 Å². The maximum atomic E-state index is 11.3. The first-order chi connectivity index (χ1) is 11.0. The summed E-state index contributed by atoms with van der Waals surface area (Å²) in [4.78, 5) is 5.15. The van der Waals surface area contributed by atoms with E-state index in [0.717, 1.165) is 24.8 Å². The molecular formula is C20H27NO2. The predicted octanol–water partition coefficient (Wildman–Crippen LogP) is 2.57. The van der Waals surface area contributed by atoms with Crippen LogP contribution in [0.4, 0.5) is 0 Å². The van der Waals surface area contributed by atoms with Crippen LogP contribution in [0.3, 0.4) is 0 Å². The first-order valence-electron chi connectivity index (χ1n) is 9.55. The maximum Gasteiger partial charge on any atom is 0.0837 e. The SMILES string of the molecule is C=C1C2CC3C4N=CC5(C)CCCC46C5CC(O)C3(C1O)C6C2. The number of fused-ring (bicyclic) bond motifs is 1. The minimum Gasteiger partial charge on any atom is -0.392 e. The number of rotatable bonds is 0. The highest BCUT2D eigenvalue weighted by molar-refractivity contribution is 5.69. The molecule has 0 aromatic rings. The average molecular weight is 313 g/mol. The minimum absolute atomic E-state index is 0.163. The second-order valence-electron chi connectivity index (χ2n) is 9.80.